The molecule has 0 aliphatic heterocycles. The summed E-state index contributed by atoms with van der Waals surface area (Å²) in [6, 6.07) is 0. The van der Waals surface area contributed by atoms with Crippen LogP contribution in [-0.4, -0.2) is 6.61 Å². The van der Waals surface area contributed by atoms with Crippen molar-refractivity contribution in [2.24, 2.45) is 0 Å². The van der Waals surface area contributed by atoms with Gasteiger partial charge in [0.2, 0.25) is 0 Å². The van der Waals surface area contributed by atoms with Gasteiger partial charge < -0.3 is 4.74 Å². The van der Waals surface area contributed by atoms with E-state index in [0.29, 0.717) is 12.9 Å². The number of ether oxygens (including phenoxy) is 1. The van der Waals surface area contributed by atoms with Crippen molar-refractivity contribution in [1.82, 2.24) is 0 Å². The summed E-state index contributed by atoms with van der Waals surface area (Å²) in [6.07, 6.45) is 2.85. The zero-order valence-corrected chi connectivity index (χ0v) is 3.93. The summed E-state index contributed by atoms with van der Waals surface area (Å²) < 4.78 is 15.4. The van der Waals surface area contributed by atoms with Gasteiger partial charge in [0.25, 0.3) is 0 Å². The molecule has 0 aromatic carbocycles. The van der Waals surface area contributed by atoms with Gasteiger partial charge in [-0.05, 0) is 0 Å². The lowest BCUT2D eigenvalue weighted by molar-refractivity contribution is 0.284. The molecular weight excluding hydrogens is 95.1 g/mol. The first-order valence-corrected chi connectivity index (χ1v) is 1.89. The minimum atomic E-state index is 0.337. The first kappa shape index (κ1) is 6.21. The van der Waals surface area contributed by atoms with Crippen LogP contribution in [0.2, 0.25) is 0 Å². The van der Waals surface area contributed by atoms with Crippen molar-refractivity contribution in [3.63, 3.8) is 0 Å². The topological polar surface area (TPSA) is 9.23 Å². The Hall–Kier alpha value is -0.790. The normalized spacial score (nSPS) is 9.29. The van der Waals surface area contributed by atoms with E-state index in [1.165, 1.54) is 0 Å². The van der Waals surface area contributed by atoms with Gasteiger partial charge in [-0.2, -0.15) is 0 Å². The van der Waals surface area contributed by atoms with Gasteiger partial charge in [0.15, 0.2) is 0 Å². The molecule has 0 amide bonds. The number of halogens is 1. The Morgan fingerprint density at radius 1 is 1.71 bits per heavy atom. The standard InChI is InChI=1S/C5H7FO/c1-2-4-7-5-3-6/h2-3,5H,1,4H2. The predicted octanol–water partition coefficient (Wildman–Crippen LogP) is 1.63. The van der Waals surface area contributed by atoms with E-state index in [4.69, 9.17) is 0 Å². The average Bonchev–Trinajstić information content (AvgIpc) is 1.69. The molecule has 0 radical (unpaired) electrons. The van der Waals surface area contributed by atoms with E-state index in [0.717, 1.165) is 6.26 Å². The Morgan fingerprint density at radius 2 is 2.43 bits per heavy atom. The highest BCUT2D eigenvalue weighted by Crippen LogP contribution is 1.76. The smallest absolute Gasteiger partial charge is 0.121 e. The molecular formula is C5H7FO. The molecule has 0 aromatic heterocycles. The average molecular weight is 102 g/mol. The largest absolute Gasteiger partial charge is 0.495 e. The van der Waals surface area contributed by atoms with E-state index >= 15 is 0 Å². The second-order valence-electron chi connectivity index (χ2n) is 0.884. The molecule has 0 spiro atoms. The van der Waals surface area contributed by atoms with Crippen LogP contribution in [0.4, 0.5) is 4.39 Å². The SMILES string of the molecule is C=CCOC=CF. The second-order valence-corrected chi connectivity index (χ2v) is 0.884. The first-order chi connectivity index (χ1) is 3.41. The van der Waals surface area contributed by atoms with E-state index in [1.807, 2.05) is 0 Å². The molecule has 0 heterocycles. The maximum atomic E-state index is 11.0. The molecule has 0 aliphatic carbocycles. The molecule has 0 saturated heterocycles. The highest BCUT2D eigenvalue weighted by atomic mass is 19.1. The quantitative estimate of drug-likeness (QED) is 0.299. The molecule has 0 N–H and O–H groups in total. The number of hydrogen-bond donors (Lipinski definition) is 0. The fraction of sp³-hybridized carbons (Fsp3) is 0.200. The molecule has 0 atom stereocenters. The van der Waals surface area contributed by atoms with Crippen LogP contribution in [0.5, 0.6) is 0 Å². The van der Waals surface area contributed by atoms with Gasteiger partial charge in [-0.1, -0.05) is 12.7 Å². The Balaban J connectivity index is 2.82. The number of rotatable bonds is 3. The molecule has 0 fully saturated rings. The van der Waals surface area contributed by atoms with Crippen molar-refractivity contribution in [1.29, 1.82) is 0 Å². The molecule has 0 aliphatic rings. The van der Waals surface area contributed by atoms with Crippen molar-refractivity contribution >= 4 is 0 Å². The Kier molecular flexibility index (Phi) is 4.62. The van der Waals surface area contributed by atoms with Gasteiger partial charge in [0, 0.05) is 0 Å². The van der Waals surface area contributed by atoms with Crippen molar-refractivity contribution in [2.45, 2.75) is 0 Å². The molecule has 0 rings (SSSR count). The Bertz CT molecular complexity index is 68.5. The minimum absolute atomic E-state index is 0.337. The van der Waals surface area contributed by atoms with Crippen molar-refractivity contribution < 1.29 is 9.13 Å². The second kappa shape index (κ2) is 5.21. The summed E-state index contributed by atoms with van der Waals surface area (Å²) in [7, 11) is 0. The van der Waals surface area contributed by atoms with Gasteiger partial charge in [-0.15, -0.1) is 0 Å². The van der Waals surface area contributed by atoms with Crippen LogP contribution in [0.3, 0.4) is 0 Å². The third-order valence-electron chi connectivity index (χ3n) is 0.362. The molecule has 0 saturated carbocycles. The molecule has 1 nitrogen and oxygen atoms in total. The van der Waals surface area contributed by atoms with Crippen molar-refractivity contribution in [3.05, 3.63) is 25.2 Å². The molecule has 2 heteroatoms. The van der Waals surface area contributed by atoms with Crippen LogP contribution in [0.15, 0.2) is 25.2 Å². The van der Waals surface area contributed by atoms with E-state index < -0.39 is 0 Å². The van der Waals surface area contributed by atoms with Crippen LogP contribution >= 0.6 is 0 Å². The van der Waals surface area contributed by atoms with Gasteiger partial charge in [-0.25, -0.2) is 4.39 Å². The van der Waals surface area contributed by atoms with Gasteiger partial charge in [0.05, 0.1) is 0 Å². The fourth-order valence-electron chi connectivity index (χ4n) is 0.160. The van der Waals surface area contributed by atoms with E-state index in [-0.39, 0.29) is 0 Å². The Labute approximate surface area is 42.1 Å². The van der Waals surface area contributed by atoms with Gasteiger partial charge >= 0.3 is 0 Å². The van der Waals surface area contributed by atoms with Gasteiger partial charge in [-0.3, -0.25) is 0 Å². The molecule has 7 heavy (non-hydrogen) atoms. The predicted molar refractivity (Wildman–Crippen MR) is 26.4 cm³/mol. The van der Waals surface area contributed by atoms with Gasteiger partial charge in [0.1, 0.15) is 19.2 Å². The van der Waals surface area contributed by atoms with Crippen LogP contribution in [0, 0.1) is 0 Å². The lowest BCUT2D eigenvalue weighted by Gasteiger charge is -1.87. The summed E-state index contributed by atoms with van der Waals surface area (Å²) in [4.78, 5) is 0. The number of hydrogen-bond acceptors (Lipinski definition) is 1. The van der Waals surface area contributed by atoms with E-state index in [1.54, 1.807) is 6.08 Å². The van der Waals surface area contributed by atoms with E-state index in [2.05, 4.69) is 11.3 Å². The van der Waals surface area contributed by atoms with Crippen LogP contribution in [0.1, 0.15) is 0 Å². The summed E-state index contributed by atoms with van der Waals surface area (Å²) in [5.74, 6) is 0. The highest BCUT2D eigenvalue weighted by Gasteiger charge is 1.66. The Morgan fingerprint density at radius 3 is 2.86 bits per heavy atom. The first-order valence-electron chi connectivity index (χ1n) is 1.89. The molecule has 0 unspecified atom stereocenters. The van der Waals surface area contributed by atoms with Crippen LogP contribution in [-0.2, 0) is 4.74 Å². The molecule has 40 valence electrons. The lowest BCUT2D eigenvalue weighted by atomic mass is 10.7. The van der Waals surface area contributed by atoms with Crippen LogP contribution < -0.4 is 0 Å². The zero-order chi connectivity index (χ0) is 5.54. The third-order valence-corrected chi connectivity index (χ3v) is 0.362. The molecule has 0 bridgehead atoms. The monoisotopic (exact) mass is 102 g/mol. The molecule has 0 aromatic rings. The minimum Gasteiger partial charge on any atom is -0.495 e. The fourth-order valence-corrected chi connectivity index (χ4v) is 0.160. The summed E-state index contributed by atoms with van der Waals surface area (Å²) in [6.45, 7) is 3.71. The van der Waals surface area contributed by atoms with E-state index in [9.17, 15) is 4.39 Å². The maximum Gasteiger partial charge on any atom is 0.121 e. The summed E-state index contributed by atoms with van der Waals surface area (Å²) in [5.41, 5.74) is 0. The third kappa shape index (κ3) is 5.21. The van der Waals surface area contributed by atoms with Crippen LogP contribution in [0.25, 0.3) is 0 Å². The zero-order valence-electron chi connectivity index (χ0n) is 3.93. The van der Waals surface area contributed by atoms with Crippen molar-refractivity contribution in [2.75, 3.05) is 6.61 Å². The maximum absolute atomic E-state index is 11.0. The highest BCUT2D eigenvalue weighted by molar-refractivity contribution is 4.67. The lowest BCUT2D eigenvalue weighted by Crippen LogP contribution is -1.76. The van der Waals surface area contributed by atoms with Crippen molar-refractivity contribution in [3.8, 4) is 0 Å². The summed E-state index contributed by atoms with van der Waals surface area (Å²) >= 11 is 0. The summed E-state index contributed by atoms with van der Waals surface area (Å²) in [5, 5.41) is 0.